The van der Waals surface area contributed by atoms with E-state index in [2.05, 4.69) is 10.6 Å². The Hall–Kier alpha value is -3.01. The summed E-state index contributed by atoms with van der Waals surface area (Å²) in [5.74, 6) is -1.10. The number of urea groups is 1. The highest BCUT2D eigenvalue weighted by Crippen LogP contribution is 2.29. The van der Waals surface area contributed by atoms with Gasteiger partial charge in [0, 0.05) is 25.3 Å². The molecule has 1 heterocycles. The number of nitro benzene ring substituents is 1. The maximum Gasteiger partial charge on any atom is 0.325 e. The third kappa shape index (κ3) is 3.80. The molecule has 2 N–H and O–H groups in total. The number of carbonyl (C=O) groups excluding carboxylic acids is 3. The summed E-state index contributed by atoms with van der Waals surface area (Å²) in [7, 11) is 1.50. The lowest BCUT2D eigenvalue weighted by molar-refractivity contribution is -0.384. The molecular formula is C16H20N4O6. The summed E-state index contributed by atoms with van der Waals surface area (Å²) < 4.78 is 4.91. The van der Waals surface area contributed by atoms with Gasteiger partial charge in [-0.2, -0.15) is 0 Å². The molecule has 0 radical (unpaired) electrons. The zero-order valence-corrected chi connectivity index (χ0v) is 14.6. The highest BCUT2D eigenvalue weighted by Gasteiger charge is 2.49. The molecule has 1 aromatic rings. The number of carbonyl (C=O) groups is 3. The molecule has 1 aromatic carbocycles. The Kier molecular flexibility index (Phi) is 5.56. The lowest BCUT2D eigenvalue weighted by Gasteiger charge is -2.22. The van der Waals surface area contributed by atoms with Crippen molar-refractivity contribution < 1.29 is 24.0 Å². The summed E-state index contributed by atoms with van der Waals surface area (Å²) in [4.78, 5) is 47.9. The zero-order chi connectivity index (χ0) is 19.5. The molecule has 0 spiro atoms. The van der Waals surface area contributed by atoms with Crippen LogP contribution in [0.25, 0.3) is 0 Å². The Morgan fingerprint density at radius 2 is 2.00 bits per heavy atom. The van der Waals surface area contributed by atoms with Crippen molar-refractivity contribution >= 4 is 23.5 Å². The number of imide groups is 1. The molecule has 0 aromatic heterocycles. The van der Waals surface area contributed by atoms with Gasteiger partial charge in [0.1, 0.15) is 12.1 Å². The molecule has 10 nitrogen and oxygen atoms in total. The minimum absolute atomic E-state index is 0.127. The molecule has 10 heteroatoms. The van der Waals surface area contributed by atoms with E-state index in [0.717, 1.165) is 4.90 Å². The number of nitrogens with one attached hydrogen (secondary N) is 2. The van der Waals surface area contributed by atoms with Crippen LogP contribution in [0, 0.1) is 10.1 Å². The summed E-state index contributed by atoms with van der Waals surface area (Å²) in [5, 5.41) is 15.9. The third-order valence-electron chi connectivity index (χ3n) is 4.06. The van der Waals surface area contributed by atoms with E-state index in [1.807, 2.05) is 0 Å². The first-order valence-electron chi connectivity index (χ1n) is 7.86. The second kappa shape index (κ2) is 7.48. The number of nitro groups is 1. The van der Waals surface area contributed by atoms with Crippen LogP contribution in [-0.2, 0) is 19.9 Å². The van der Waals surface area contributed by atoms with Gasteiger partial charge in [-0.25, -0.2) is 4.79 Å². The minimum atomic E-state index is -1.40. The van der Waals surface area contributed by atoms with Gasteiger partial charge in [0.2, 0.25) is 5.91 Å². The first kappa shape index (κ1) is 19.3. The predicted octanol–water partition coefficient (Wildman–Crippen LogP) is 0.513. The molecule has 26 heavy (non-hydrogen) atoms. The van der Waals surface area contributed by atoms with Crippen LogP contribution in [0.5, 0.6) is 0 Å². The summed E-state index contributed by atoms with van der Waals surface area (Å²) in [5.41, 5.74) is -1.14. The number of non-ortho nitro benzene ring substituents is 1. The maximum atomic E-state index is 12.7. The van der Waals surface area contributed by atoms with Crippen molar-refractivity contribution in [1.29, 1.82) is 0 Å². The van der Waals surface area contributed by atoms with Crippen LogP contribution in [0.15, 0.2) is 24.3 Å². The molecule has 1 fully saturated rings. The Bertz CT molecular complexity index is 735. The van der Waals surface area contributed by atoms with Crippen molar-refractivity contribution in [3.8, 4) is 0 Å². The van der Waals surface area contributed by atoms with Crippen LogP contribution in [0.4, 0.5) is 10.5 Å². The van der Waals surface area contributed by atoms with Gasteiger partial charge >= 0.3 is 6.03 Å². The van der Waals surface area contributed by atoms with Gasteiger partial charge in [-0.3, -0.25) is 24.6 Å². The van der Waals surface area contributed by atoms with Crippen LogP contribution in [0.2, 0.25) is 0 Å². The lowest BCUT2D eigenvalue weighted by atomic mass is 9.92. The number of hydrogen-bond donors (Lipinski definition) is 2. The van der Waals surface area contributed by atoms with Crippen molar-refractivity contribution in [2.45, 2.75) is 25.4 Å². The van der Waals surface area contributed by atoms with Gasteiger partial charge in [-0.05, 0) is 31.5 Å². The first-order valence-corrected chi connectivity index (χ1v) is 7.86. The van der Waals surface area contributed by atoms with Gasteiger partial charge in [0.05, 0.1) is 11.5 Å². The maximum absolute atomic E-state index is 12.7. The van der Waals surface area contributed by atoms with Crippen molar-refractivity contribution in [2.24, 2.45) is 0 Å². The van der Waals surface area contributed by atoms with Gasteiger partial charge in [0.15, 0.2) is 0 Å². The highest BCUT2D eigenvalue weighted by molar-refractivity contribution is 6.09. The highest BCUT2D eigenvalue weighted by atomic mass is 16.6. The average Bonchev–Trinajstić information content (AvgIpc) is 2.79. The van der Waals surface area contributed by atoms with Crippen LogP contribution >= 0.6 is 0 Å². The van der Waals surface area contributed by atoms with E-state index >= 15 is 0 Å². The van der Waals surface area contributed by atoms with Crippen LogP contribution < -0.4 is 10.6 Å². The number of nitrogens with zero attached hydrogens (tertiary/aromatic N) is 2. The molecule has 0 bridgehead atoms. The second-order valence-electron chi connectivity index (χ2n) is 6.17. The Labute approximate surface area is 149 Å². The SMILES string of the molecule is COC[C@H](C)NC(=O)CN1C(=O)N[C@@](C)(c2ccc([N+](=O)[O-])cc2)C1=O. The van der Waals surface area contributed by atoms with Crippen molar-refractivity contribution in [2.75, 3.05) is 20.3 Å². The molecule has 2 atom stereocenters. The molecule has 140 valence electrons. The average molecular weight is 364 g/mol. The predicted molar refractivity (Wildman–Crippen MR) is 90.2 cm³/mol. The normalized spacial score (nSPS) is 20.7. The fraction of sp³-hybridized carbons (Fsp3) is 0.438. The Morgan fingerprint density at radius 1 is 1.38 bits per heavy atom. The number of ether oxygens (including phenoxy) is 1. The largest absolute Gasteiger partial charge is 0.383 e. The summed E-state index contributed by atoms with van der Waals surface area (Å²) in [6.45, 7) is 3.09. The van der Waals surface area contributed by atoms with E-state index < -0.39 is 34.9 Å². The fourth-order valence-electron chi connectivity index (χ4n) is 2.71. The Morgan fingerprint density at radius 3 is 2.54 bits per heavy atom. The van der Waals surface area contributed by atoms with Gasteiger partial charge in [-0.1, -0.05) is 0 Å². The van der Waals surface area contributed by atoms with Crippen LogP contribution in [0.1, 0.15) is 19.4 Å². The van der Waals surface area contributed by atoms with E-state index in [9.17, 15) is 24.5 Å². The van der Waals surface area contributed by atoms with Gasteiger partial charge < -0.3 is 15.4 Å². The van der Waals surface area contributed by atoms with Gasteiger partial charge in [0.25, 0.3) is 11.6 Å². The van der Waals surface area contributed by atoms with E-state index in [4.69, 9.17) is 4.74 Å². The molecule has 0 unspecified atom stereocenters. The quantitative estimate of drug-likeness (QED) is 0.412. The molecule has 1 aliphatic heterocycles. The van der Waals surface area contributed by atoms with Gasteiger partial charge in [-0.15, -0.1) is 0 Å². The zero-order valence-electron chi connectivity index (χ0n) is 14.6. The molecule has 4 amide bonds. The number of amides is 4. The summed E-state index contributed by atoms with van der Waals surface area (Å²) >= 11 is 0. The lowest BCUT2D eigenvalue weighted by Crippen LogP contribution is -2.45. The number of hydrogen-bond acceptors (Lipinski definition) is 6. The van der Waals surface area contributed by atoms with Crippen molar-refractivity contribution in [3.63, 3.8) is 0 Å². The van der Waals surface area contributed by atoms with Crippen molar-refractivity contribution in [1.82, 2.24) is 15.5 Å². The molecule has 2 rings (SSSR count). The number of benzene rings is 1. The van der Waals surface area contributed by atoms with Crippen LogP contribution in [-0.4, -0.2) is 54.0 Å². The molecule has 0 saturated carbocycles. The fourth-order valence-corrected chi connectivity index (χ4v) is 2.71. The summed E-state index contributed by atoms with van der Waals surface area (Å²) in [6, 6.07) is 4.34. The summed E-state index contributed by atoms with van der Waals surface area (Å²) in [6.07, 6.45) is 0. The smallest absolute Gasteiger partial charge is 0.325 e. The first-order chi connectivity index (χ1) is 12.2. The van der Waals surface area contributed by atoms with E-state index in [1.54, 1.807) is 6.92 Å². The monoisotopic (exact) mass is 364 g/mol. The Balaban J connectivity index is 2.14. The number of methoxy groups -OCH3 is 1. The topological polar surface area (TPSA) is 131 Å². The van der Waals surface area contributed by atoms with E-state index in [-0.39, 0.29) is 11.7 Å². The van der Waals surface area contributed by atoms with E-state index in [1.165, 1.54) is 38.3 Å². The number of rotatable bonds is 7. The standard InChI is InChI=1S/C16H20N4O6/c1-10(9-26-3)17-13(21)8-19-14(22)16(2,18-15(19)23)11-4-6-12(7-5-11)20(24)25/h4-7,10H,8-9H2,1-3H3,(H,17,21)(H,18,23)/t10-,16-/m0/s1. The second-order valence-corrected chi connectivity index (χ2v) is 6.17. The molecule has 1 saturated heterocycles. The van der Waals surface area contributed by atoms with Crippen molar-refractivity contribution in [3.05, 3.63) is 39.9 Å². The van der Waals surface area contributed by atoms with Crippen LogP contribution in [0.3, 0.4) is 0 Å². The third-order valence-corrected chi connectivity index (χ3v) is 4.06. The molecule has 1 aliphatic rings. The molecule has 0 aliphatic carbocycles. The molecular weight excluding hydrogens is 344 g/mol. The minimum Gasteiger partial charge on any atom is -0.383 e. The van der Waals surface area contributed by atoms with E-state index in [0.29, 0.717) is 12.2 Å².